The van der Waals surface area contributed by atoms with Crippen molar-refractivity contribution in [2.24, 2.45) is 0 Å². The molecule has 0 N–H and O–H groups in total. The van der Waals surface area contributed by atoms with Crippen LogP contribution in [0.5, 0.6) is 0 Å². The van der Waals surface area contributed by atoms with Crippen LogP contribution in [0.1, 0.15) is 6.92 Å². The van der Waals surface area contributed by atoms with Gasteiger partial charge in [-0.05, 0) is 6.92 Å². The third-order valence-corrected chi connectivity index (χ3v) is 0.636. The summed E-state index contributed by atoms with van der Waals surface area (Å²) in [5, 5.41) is 0. The Balaban J connectivity index is 3.07. The molecular weight excluding hydrogens is 116 g/mol. The maximum atomic E-state index is 9.54. The lowest BCUT2D eigenvalue weighted by molar-refractivity contribution is 0.200. The van der Waals surface area contributed by atoms with Gasteiger partial charge in [-0.15, -0.1) is 5.92 Å². The van der Waals surface area contributed by atoms with Gasteiger partial charge in [-0.3, -0.25) is 0 Å². The molecule has 0 aliphatic heterocycles. The van der Waals surface area contributed by atoms with Crippen molar-refractivity contribution in [3.05, 3.63) is 6.08 Å². The SMILES string of the molecule is CC#CCOCC=C=O. The van der Waals surface area contributed by atoms with Crippen molar-refractivity contribution < 1.29 is 9.53 Å². The van der Waals surface area contributed by atoms with E-state index in [-0.39, 0.29) is 0 Å². The van der Waals surface area contributed by atoms with Crippen molar-refractivity contribution in [2.75, 3.05) is 13.2 Å². The summed E-state index contributed by atoms with van der Waals surface area (Å²) in [7, 11) is 0. The number of rotatable bonds is 3. The molecule has 0 saturated heterocycles. The zero-order valence-electron chi connectivity index (χ0n) is 5.31. The van der Waals surface area contributed by atoms with Crippen LogP contribution in [0.3, 0.4) is 0 Å². The monoisotopic (exact) mass is 124 g/mol. The molecule has 2 heteroatoms. The lowest BCUT2D eigenvalue weighted by atomic mass is 10.6. The minimum absolute atomic E-state index is 0.304. The number of hydrogen-bond donors (Lipinski definition) is 0. The van der Waals surface area contributed by atoms with Crippen molar-refractivity contribution in [1.82, 2.24) is 0 Å². The van der Waals surface area contributed by atoms with Gasteiger partial charge in [0.25, 0.3) is 0 Å². The maximum Gasteiger partial charge on any atom is 0.122 e. The van der Waals surface area contributed by atoms with Gasteiger partial charge in [0.1, 0.15) is 12.5 Å². The van der Waals surface area contributed by atoms with Crippen LogP contribution in [0.15, 0.2) is 6.08 Å². The molecule has 0 amide bonds. The molecule has 48 valence electrons. The zero-order chi connectivity index (χ0) is 6.95. The Hall–Kier alpha value is -1.03. The van der Waals surface area contributed by atoms with Crippen LogP contribution >= 0.6 is 0 Å². The van der Waals surface area contributed by atoms with Crippen molar-refractivity contribution in [1.29, 1.82) is 0 Å². The van der Waals surface area contributed by atoms with E-state index >= 15 is 0 Å². The molecule has 0 bridgehead atoms. The zero-order valence-corrected chi connectivity index (χ0v) is 5.31. The van der Waals surface area contributed by atoms with Gasteiger partial charge in [-0.2, -0.15) is 0 Å². The molecule has 0 spiro atoms. The Kier molecular flexibility index (Phi) is 6.17. The van der Waals surface area contributed by atoms with Crippen LogP contribution in [0.2, 0.25) is 0 Å². The maximum absolute atomic E-state index is 9.54. The topological polar surface area (TPSA) is 26.3 Å². The van der Waals surface area contributed by atoms with E-state index < -0.39 is 0 Å². The lowest BCUT2D eigenvalue weighted by Gasteiger charge is -1.87. The van der Waals surface area contributed by atoms with Crippen LogP contribution in [-0.2, 0) is 9.53 Å². The summed E-state index contributed by atoms with van der Waals surface area (Å²) in [6.45, 7) is 2.42. The fraction of sp³-hybridized carbons (Fsp3) is 0.429. The van der Waals surface area contributed by atoms with E-state index in [1.807, 2.05) is 0 Å². The first kappa shape index (κ1) is 7.97. The first-order valence-electron chi connectivity index (χ1n) is 2.58. The Morgan fingerprint density at radius 1 is 1.67 bits per heavy atom. The highest BCUT2D eigenvalue weighted by Gasteiger charge is 1.74. The van der Waals surface area contributed by atoms with Crippen LogP contribution < -0.4 is 0 Å². The van der Waals surface area contributed by atoms with Crippen LogP contribution in [0, 0.1) is 11.8 Å². The molecule has 0 aliphatic rings. The summed E-state index contributed by atoms with van der Waals surface area (Å²) < 4.78 is 4.82. The van der Waals surface area contributed by atoms with Gasteiger partial charge in [-0.25, -0.2) is 4.79 Å². The highest BCUT2D eigenvalue weighted by atomic mass is 16.5. The molecule has 9 heavy (non-hydrogen) atoms. The average molecular weight is 124 g/mol. The van der Waals surface area contributed by atoms with E-state index in [1.165, 1.54) is 6.08 Å². The minimum atomic E-state index is 0.304. The Morgan fingerprint density at radius 2 is 2.44 bits per heavy atom. The van der Waals surface area contributed by atoms with E-state index in [1.54, 1.807) is 12.9 Å². The van der Waals surface area contributed by atoms with Crippen LogP contribution in [0.25, 0.3) is 0 Å². The van der Waals surface area contributed by atoms with Crippen molar-refractivity contribution >= 4 is 5.94 Å². The molecular formula is C7H8O2. The molecule has 2 nitrogen and oxygen atoms in total. The molecule has 0 radical (unpaired) electrons. The molecule has 0 aromatic carbocycles. The van der Waals surface area contributed by atoms with E-state index in [4.69, 9.17) is 4.74 Å². The summed E-state index contributed by atoms with van der Waals surface area (Å²) in [5.74, 6) is 6.94. The van der Waals surface area contributed by atoms with Gasteiger partial charge in [0.15, 0.2) is 0 Å². The van der Waals surface area contributed by atoms with Crippen LogP contribution in [-0.4, -0.2) is 19.2 Å². The normalized spacial score (nSPS) is 6.78. The second-order valence-corrected chi connectivity index (χ2v) is 1.26. The second-order valence-electron chi connectivity index (χ2n) is 1.26. The highest BCUT2D eigenvalue weighted by Crippen LogP contribution is 1.70. The second kappa shape index (κ2) is 6.97. The van der Waals surface area contributed by atoms with Gasteiger partial charge >= 0.3 is 0 Å². The molecule has 0 rings (SSSR count). The number of ether oxygens (including phenoxy) is 1. The highest BCUT2D eigenvalue weighted by molar-refractivity contribution is 5.44. The molecule has 0 heterocycles. The molecule has 0 aromatic heterocycles. The summed E-state index contributed by atoms with van der Waals surface area (Å²) in [5.41, 5.74) is 0. The van der Waals surface area contributed by atoms with Crippen LogP contribution in [0.4, 0.5) is 0 Å². The molecule has 0 unspecified atom stereocenters. The smallest absolute Gasteiger partial charge is 0.122 e. The molecule has 0 aliphatic carbocycles. The lowest BCUT2D eigenvalue weighted by Crippen LogP contribution is -1.90. The first-order valence-corrected chi connectivity index (χ1v) is 2.58. The molecule has 0 aromatic rings. The fourth-order valence-corrected chi connectivity index (χ4v) is 0.275. The largest absolute Gasteiger partial charge is 0.364 e. The van der Waals surface area contributed by atoms with Crippen molar-refractivity contribution in [3.8, 4) is 11.8 Å². The third kappa shape index (κ3) is 6.97. The summed E-state index contributed by atoms with van der Waals surface area (Å²) >= 11 is 0. The number of hydrogen-bond acceptors (Lipinski definition) is 2. The number of carbonyl (C=O) groups excluding carboxylic acids is 1. The summed E-state index contributed by atoms with van der Waals surface area (Å²) in [4.78, 5) is 9.54. The summed E-state index contributed by atoms with van der Waals surface area (Å²) in [6.07, 6.45) is 1.28. The molecule has 0 atom stereocenters. The Labute approximate surface area is 54.5 Å². The average Bonchev–Trinajstić information content (AvgIpc) is 1.89. The predicted molar refractivity (Wildman–Crippen MR) is 34.5 cm³/mol. The van der Waals surface area contributed by atoms with Gasteiger partial charge in [0, 0.05) is 6.08 Å². The first-order chi connectivity index (χ1) is 4.41. The molecule has 0 saturated carbocycles. The van der Waals surface area contributed by atoms with Gasteiger partial charge in [-0.1, -0.05) is 5.92 Å². The van der Waals surface area contributed by atoms with E-state index in [2.05, 4.69) is 11.8 Å². The van der Waals surface area contributed by atoms with E-state index in [0.717, 1.165) is 0 Å². The van der Waals surface area contributed by atoms with Crippen molar-refractivity contribution in [3.63, 3.8) is 0 Å². The Morgan fingerprint density at radius 3 is 3.00 bits per heavy atom. The van der Waals surface area contributed by atoms with Crippen molar-refractivity contribution in [2.45, 2.75) is 6.92 Å². The summed E-state index contributed by atoms with van der Waals surface area (Å²) in [6, 6.07) is 0. The molecule has 0 fully saturated rings. The Bertz CT molecular complexity index is 155. The van der Waals surface area contributed by atoms with Gasteiger partial charge in [0.05, 0.1) is 6.61 Å². The van der Waals surface area contributed by atoms with Gasteiger partial charge in [0.2, 0.25) is 0 Å². The van der Waals surface area contributed by atoms with Gasteiger partial charge < -0.3 is 4.74 Å². The quantitative estimate of drug-likeness (QED) is 0.309. The fourth-order valence-electron chi connectivity index (χ4n) is 0.275. The van der Waals surface area contributed by atoms with E-state index in [9.17, 15) is 4.79 Å². The minimum Gasteiger partial charge on any atom is -0.364 e. The third-order valence-electron chi connectivity index (χ3n) is 0.636. The predicted octanol–water partition coefficient (Wildman–Crippen LogP) is 0.414. The standard InChI is InChI=1S/C7H8O2/c1-2-3-6-9-7-4-5-8/h4H,6-7H2,1H3. The van der Waals surface area contributed by atoms with E-state index in [0.29, 0.717) is 13.2 Å².